The molecule has 1 atom stereocenters. The molecule has 2 saturated heterocycles. The standard InChI is InChI=1S/C23H30N6O2S/c1-2-15-31-17-8-12-29(13-9-17)22(30)19-16-32-23(26-19)27-21-7-3-5-18(25-21)20-6-4-11-28(20)14-10-24/h3,5,7,16-17,20H,2,4,6,8-9,11-15H2,1H3,(H,25,26,27). The van der Waals surface area contributed by atoms with Crippen molar-refractivity contribution in [3.05, 3.63) is 35.0 Å². The lowest BCUT2D eigenvalue weighted by Gasteiger charge is -2.31. The molecule has 2 fully saturated rings. The quantitative estimate of drug-likeness (QED) is 0.603. The Morgan fingerprint density at radius 3 is 2.91 bits per heavy atom. The van der Waals surface area contributed by atoms with Crippen molar-refractivity contribution >= 4 is 28.2 Å². The van der Waals surface area contributed by atoms with Gasteiger partial charge in [-0.05, 0) is 50.8 Å². The molecule has 8 nitrogen and oxygen atoms in total. The molecule has 0 aliphatic carbocycles. The van der Waals surface area contributed by atoms with Crippen molar-refractivity contribution in [3.8, 4) is 6.07 Å². The first-order valence-electron chi connectivity index (χ1n) is 11.4. The summed E-state index contributed by atoms with van der Waals surface area (Å²) in [6.07, 6.45) is 5.11. The average molecular weight is 455 g/mol. The summed E-state index contributed by atoms with van der Waals surface area (Å²) in [4.78, 5) is 26.2. The number of anilines is 2. The third-order valence-corrected chi connectivity index (χ3v) is 6.75. The van der Waals surface area contributed by atoms with Gasteiger partial charge in [0.05, 0.1) is 30.5 Å². The second-order valence-electron chi connectivity index (χ2n) is 8.26. The molecule has 2 aliphatic rings. The fourth-order valence-corrected chi connectivity index (χ4v) is 5.05. The van der Waals surface area contributed by atoms with Gasteiger partial charge < -0.3 is 15.0 Å². The number of likely N-dealkylation sites (tertiary alicyclic amines) is 2. The Labute approximate surface area is 193 Å². The van der Waals surface area contributed by atoms with Gasteiger partial charge in [0.25, 0.3) is 5.91 Å². The maximum absolute atomic E-state index is 12.9. The van der Waals surface area contributed by atoms with Crippen molar-refractivity contribution in [2.75, 3.05) is 38.1 Å². The van der Waals surface area contributed by atoms with Gasteiger partial charge in [-0.1, -0.05) is 13.0 Å². The zero-order valence-electron chi connectivity index (χ0n) is 18.5. The maximum atomic E-state index is 12.9. The lowest BCUT2D eigenvalue weighted by Crippen LogP contribution is -2.41. The lowest BCUT2D eigenvalue weighted by molar-refractivity contribution is 0.00887. The van der Waals surface area contributed by atoms with E-state index in [0.717, 1.165) is 50.9 Å². The Morgan fingerprint density at radius 1 is 1.28 bits per heavy atom. The largest absolute Gasteiger partial charge is 0.378 e. The Bertz CT molecular complexity index is 950. The molecule has 32 heavy (non-hydrogen) atoms. The molecule has 4 rings (SSSR count). The first-order valence-corrected chi connectivity index (χ1v) is 12.3. The van der Waals surface area contributed by atoms with Gasteiger partial charge in [0.2, 0.25) is 0 Å². The highest BCUT2D eigenvalue weighted by atomic mass is 32.1. The van der Waals surface area contributed by atoms with Crippen LogP contribution in [0.15, 0.2) is 23.6 Å². The molecule has 2 aliphatic heterocycles. The number of nitriles is 1. The summed E-state index contributed by atoms with van der Waals surface area (Å²) in [5.41, 5.74) is 1.43. The van der Waals surface area contributed by atoms with Gasteiger partial charge in [0.1, 0.15) is 11.5 Å². The molecule has 4 heterocycles. The van der Waals surface area contributed by atoms with Gasteiger partial charge in [0, 0.05) is 25.1 Å². The number of piperidine rings is 1. The Hall–Kier alpha value is -2.54. The van der Waals surface area contributed by atoms with E-state index in [1.165, 1.54) is 11.3 Å². The maximum Gasteiger partial charge on any atom is 0.273 e. The van der Waals surface area contributed by atoms with E-state index in [1.807, 2.05) is 23.1 Å². The molecule has 9 heteroatoms. The van der Waals surface area contributed by atoms with Gasteiger partial charge in [-0.15, -0.1) is 11.3 Å². The molecule has 2 aromatic rings. The van der Waals surface area contributed by atoms with E-state index >= 15 is 0 Å². The SMILES string of the molecule is CCCOC1CCN(C(=O)c2csc(Nc3cccc(C4CCCN4CC#N)n3)n2)CC1. The van der Waals surface area contributed by atoms with Gasteiger partial charge in [-0.3, -0.25) is 9.69 Å². The molecule has 1 amide bonds. The van der Waals surface area contributed by atoms with Crippen LogP contribution in [0.1, 0.15) is 61.3 Å². The summed E-state index contributed by atoms with van der Waals surface area (Å²) in [6.45, 7) is 5.65. The zero-order valence-corrected chi connectivity index (χ0v) is 19.3. The molecule has 1 unspecified atom stereocenters. The number of rotatable bonds is 8. The summed E-state index contributed by atoms with van der Waals surface area (Å²) >= 11 is 1.41. The van der Waals surface area contributed by atoms with Crippen molar-refractivity contribution in [3.63, 3.8) is 0 Å². The van der Waals surface area contributed by atoms with Crippen molar-refractivity contribution in [2.45, 2.75) is 51.2 Å². The normalized spacial score (nSPS) is 19.8. The van der Waals surface area contributed by atoms with E-state index in [4.69, 9.17) is 15.0 Å². The number of ether oxygens (including phenoxy) is 1. The van der Waals surface area contributed by atoms with Crippen molar-refractivity contribution in [1.82, 2.24) is 19.8 Å². The van der Waals surface area contributed by atoms with Crippen molar-refractivity contribution < 1.29 is 9.53 Å². The van der Waals surface area contributed by atoms with Gasteiger partial charge in [0.15, 0.2) is 5.13 Å². The Morgan fingerprint density at radius 2 is 2.12 bits per heavy atom. The van der Waals surface area contributed by atoms with Crippen molar-refractivity contribution in [1.29, 1.82) is 5.26 Å². The van der Waals surface area contributed by atoms with E-state index in [1.54, 1.807) is 5.38 Å². The molecular weight excluding hydrogens is 424 g/mol. The zero-order chi connectivity index (χ0) is 22.3. The van der Waals surface area contributed by atoms with Crippen LogP contribution in [0, 0.1) is 11.3 Å². The Balaban J connectivity index is 1.36. The minimum absolute atomic E-state index is 0.0250. The second kappa shape index (κ2) is 10.9. The van der Waals surface area contributed by atoms with Crippen LogP contribution in [-0.4, -0.2) is 64.6 Å². The van der Waals surface area contributed by atoms with E-state index in [9.17, 15) is 4.79 Å². The number of aromatic nitrogens is 2. The minimum atomic E-state index is -0.0250. The predicted molar refractivity (Wildman–Crippen MR) is 124 cm³/mol. The number of nitrogens with one attached hydrogen (secondary N) is 1. The number of hydrogen-bond donors (Lipinski definition) is 1. The summed E-state index contributed by atoms with van der Waals surface area (Å²) < 4.78 is 5.82. The number of amides is 1. The van der Waals surface area contributed by atoms with Gasteiger partial charge in [-0.2, -0.15) is 5.26 Å². The first-order chi connectivity index (χ1) is 15.7. The van der Waals surface area contributed by atoms with Crippen LogP contribution in [0.2, 0.25) is 0 Å². The monoisotopic (exact) mass is 454 g/mol. The molecule has 0 aromatic carbocycles. The molecular formula is C23H30N6O2S. The predicted octanol–water partition coefficient (Wildman–Crippen LogP) is 3.97. The molecule has 2 aromatic heterocycles. The van der Waals surface area contributed by atoms with Crippen LogP contribution < -0.4 is 5.32 Å². The summed E-state index contributed by atoms with van der Waals surface area (Å²) in [5.74, 6) is 0.677. The van der Waals surface area contributed by atoms with Gasteiger partial charge >= 0.3 is 0 Å². The highest BCUT2D eigenvalue weighted by Gasteiger charge is 2.27. The van der Waals surface area contributed by atoms with E-state index in [2.05, 4.69) is 28.2 Å². The number of thiazole rings is 1. The molecule has 1 N–H and O–H groups in total. The van der Waals surface area contributed by atoms with Crippen LogP contribution in [0.25, 0.3) is 0 Å². The summed E-state index contributed by atoms with van der Waals surface area (Å²) in [6, 6.07) is 8.30. The van der Waals surface area contributed by atoms with Gasteiger partial charge in [-0.25, -0.2) is 9.97 Å². The average Bonchev–Trinajstić information content (AvgIpc) is 3.48. The minimum Gasteiger partial charge on any atom is -0.378 e. The molecule has 0 saturated carbocycles. The highest BCUT2D eigenvalue weighted by molar-refractivity contribution is 7.14. The van der Waals surface area contributed by atoms with Crippen LogP contribution in [-0.2, 0) is 4.74 Å². The van der Waals surface area contributed by atoms with Crippen LogP contribution >= 0.6 is 11.3 Å². The molecule has 0 spiro atoms. The van der Waals surface area contributed by atoms with E-state index in [0.29, 0.717) is 36.3 Å². The fourth-order valence-electron chi connectivity index (χ4n) is 4.36. The fraction of sp³-hybridized carbons (Fsp3) is 0.565. The molecule has 170 valence electrons. The van der Waals surface area contributed by atoms with Crippen LogP contribution in [0.4, 0.5) is 10.9 Å². The smallest absolute Gasteiger partial charge is 0.273 e. The number of carbonyl (C=O) groups excluding carboxylic acids is 1. The topological polar surface area (TPSA) is 94.4 Å². The summed E-state index contributed by atoms with van der Waals surface area (Å²) in [7, 11) is 0. The molecule has 0 bridgehead atoms. The number of nitrogens with zero attached hydrogens (tertiary/aromatic N) is 5. The van der Waals surface area contributed by atoms with Crippen molar-refractivity contribution in [2.24, 2.45) is 0 Å². The number of carbonyl (C=O) groups is 1. The Kier molecular flexibility index (Phi) is 7.68. The third-order valence-electron chi connectivity index (χ3n) is 5.99. The third kappa shape index (κ3) is 5.44. The highest BCUT2D eigenvalue weighted by Crippen LogP contribution is 2.31. The second-order valence-corrected chi connectivity index (χ2v) is 9.12. The number of pyridine rings is 1. The lowest BCUT2D eigenvalue weighted by atomic mass is 10.1. The van der Waals surface area contributed by atoms with Crippen LogP contribution in [0.5, 0.6) is 0 Å². The van der Waals surface area contributed by atoms with E-state index < -0.39 is 0 Å². The van der Waals surface area contributed by atoms with Crippen LogP contribution in [0.3, 0.4) is 0 Å². The number of hydrogen-bond acceptors (Lipinski definition) is 8. The molecule has 0 radical (unpaired) electrons. The summed E-state index contributed by atoms with van der Waals surface area (Å²) in [5, 5.41) is 14.8. The first kappa shape index (κ1) is 22.6. The van der Waals surface area contributed by atoms with E-state index in [-0.39, 0.29) is 18.1 Å².